The molecule has 0 aromatic heterocycles. The molecule has 2 rings (SSSR count). The number of rotatable bonds is 7. The summed E-state index contributed by atoms with van der Waals surface area (Å²) in [7, 11) is -0.244. The van der Waals surface area contributed by atoms with E-state index in [1.165, 1.54) is 32.4 Å². The zero-order valence-corrected chi connectivity index (χ0v) is 15.9. The topological polar surface area (TPSA) is 84.9 Å². The summed E-state index contributed by atoms with van der Waals surface area (Å²) in [6, 6.07) is 5.33. The predicted octanol–water partition coefficient (Wildman–Crippen LogP) is 2.38. The van der Waals surface area contributed by atoms with Gasteiger partial charge in [0, 0.05) is 13.1 Å². The lowest BCUT2D eigenvalue weighted by molar-refractivity contribution is -0.116. The summed E-state index contributed by atoms with van der Waals surface area (Å²) >= 11 is 0. The monoisotopic (exact) mass is 418 g/mol. The van der Waals surface area contributed by atoms with Crippen LogP contribution in [0, 0.1) is 17.5 Å². The lowest BCUT2D eigenvalue weighted by Crippen LogP contribution is -2.35. The number of ether oxygens (including phenoxy) is 2. The molecule has 0 heterocycles. The van der Waals surface area contributed by atoms with E-state index in [1.54, 1.807) is 0 Å². The van der Waals surface area contributed by atoms with Gasteiger partial charge in [-0.2, -0.15) is 4.31 Å². The van der Waals surface area contributed by atoms with Crippen molar-refractivity contribution in [2.45, 2.75) is 4.90 Å². The highest BCUT2D eigenvalue weighted by molar-refractivity contribution is 7.89. The normalized spacial score (nSPS) is 11.4. The minimum Gasteiger partial charge on any atom is -0.493 e. The standard InChI is InChI=1S/C17H17F3N2O5S/c1-22(9-15(23)21-12-6-5-11(18)16(19)17(12)20)28(24,25)10-4-7-13(26-2)14(8-10)27-3/h4-8H,9H2,1-3H3,(H,21,23). The minimum absolute atomic E-state index is 0.167. The average Bonchev–Trinajstić information content (AvgIpc) is 2.67. The summed E-state index contributed by atoms with van der Waals surface area (Å²) in [6.45, 7) is -0.699. The van der Waals surface area contributed by atoms with Gasteiger partial charge in [0.1, 0.15) is 0 Å². The van der Waals surface area contributed by atoms with Crippen LogP contribution in [0.4, 0.5) is 18.9 Å². The number of benzene rings is 2. The fraction of sp³-hybridized carbons (Fsp3) is 0.235. The molecule has 28 heavy (non-hydrogen) atoms. The van der Waals surface area contributed by atoms with E-state index in [1.807, 2.05) is 5.32 Å². The van der Waals surface area contributed by atoms with Crippen LogP contribution >= 0.6 is 0 Å². The number of anilines is 1. The van der Waals surface area contributed by atoms with Crippen LogP contribution in [0.2, 0.25) is 0 Å². The molecule has 0 fully saturated rings. The Labute approximate surface area is 159 Å². The van der Waals surface area contributed by atoms with Crippen molar-refractivity contribution in [3.63, 3.8) is 0 Å². The first-order valence-electron chi connectivity index (χ1n) is 7.73. The minimum atomic E-state index is -4.10. The number of nitrogens with zero attached hydrogens (tertiary/aromatic N) is 1. The van der Waals surface area contributed by atoms with E-state index in [0.717, 1.165) is 13.1 Å². The van der Waals surface area contributed by atoms with Crippen LogP contribution in [0.15, 0.2) is 35.2 Å². The molecule has 0 aliphatic heterocycles. The quantitative estimate of drug-likeness (QED) is 0.698. The third-order valence-electron chi connectivity index (χ3n) is 3.74. The predicted molar refractivity (Wildman–Crippen MR) is 94.3 cm³/mol. The first-order chi connectivity index (χ1) is 13.1. The molecule has 0 saturated heterocycles. The molecule has 0 atom stereocenters. The Hall–Kier alpha value is -2.79. The molecule has 0 bridgehead atoms. The summed E-state index contributed by atoms with van der Waals surface area (Å²) < 4.78 is 75.8. The van der Waals surface area contributed by atoms with Crippen LogP contribution in [-0.4, -0.2) is 46.4 Å². The van der Waals surface area contributed by atoms with E-state index in [9.17, 15) is 26.4 Å². The number of likely N-dealkylation sites (N-methyl/N-ethyl adjacent to an activating group) is 1. The summed E-state index contributed by atoms with van der Waals surface area (Å²) in [4.78, 5) is 11.9. The van der Waals surface area contributed by atoms with E-state index < -0.39 is 45.6 Å². The molecule has 0 unspecified atom stereocenters. The smallest absolute Gasteiger partial charge is 0.243 e. The van der Waals surface area contributed by atoms with Crippen molar-refractivity contribution in [1.82, 2.24) is 4.31 Å². The molecule has 0 spiro atoms. The number of methoxy groups -OCH3 is 2. The van der Waals surface area contributed by atoms with Gasteiger partial charge in [-0.3, -0.25) is 4.79 Å². The van der Waals surface area contributed by atoms with Gasteiger partial charge in [0.2, 0.25) is 15.9 Å². The maximum absolute atomic E-state index is 13.6. The molecule has 2 aromatic carbocycles. The van der Waals surface area contributed by atoms with Crippen LogP contribution in [0.3, 0.4) is 0 Å². The molecule has 1 N–H and O–H groups in total. The Morgan fingerprint density at radius 2 is 1.68 bits per heavy atom. The number of amides is 1. The summed E-state index contributed by atoms with van der Waals surface area (Å²) in [6.07, 6.45) is 0. The first kappa shape index (κ1) is 21.5. The van der Waals surface area contributed by atoms with Gasteiger partial charge in [-0.25, -0.2) is 21.6 Å². The SMILES string of the molecule is COc1ccc(S(=O)(=O)N(C)CC(=O)Nc2ccc(F)c(F)c2F)cc1OC. The number of hydrogen-bond acceptors (Lipinski definition) is 5. The van der Waals surface area contributed by atoms with Crippen molar-refractivity contribution >= 4 is 21.6 Å². The van der Waals surface area contributed by atoms with E-state index in [0.29, 0.717) is 16.1 Å². The maximum Gasteiger partial charge on any atom is 0.243 e. The molecule has 0 radical (unpaired) electrons. The van der Waals surface area contributed by atoms with Gasteiger partial charge in [0.15, 0.2) is 29.0 Å². The third kappa shape index (κ3) is 4.37. The van der Waals surface area contributed by atoms with Crippen molar-refractivity contribution < 1.29 is 35.9 Å². The lowest BCUT2D eigenvalue weighted by atomic mass is 10.3. The second-order valence-electron chi connectivity index (χ2n) is 5.55. The van der Waals surface area contributed by atoms with E-state index in [-0.39, 0.29) is 10.6 Å². The van der Waals surface area contributed by atoms with Crippen LogP contribution in [0.25, 0.3) is 0 Å². The van der Waals surface area contributed by atoms with Crippen molar-refractivity contribution in [1.29, 1.82) is 0 Å². The molecule has 2 aromatic rings. The Kier molecular flexibility index (Phi) is 6.52. The highest BCUT2D eigenvalue weighted by Gasteiger charge is 2.25. The van der Waals surface area contributed by atoms with Gasteiger partial charge < -0.3 is 14.8 Å². The van der Waals surface area contributed by atoms with Crippen LogP contribution < -0.4 is 14.8 Å². The number of carbonyl (C=O) groups excluding carboxylic acids is 1. The Morgan fingerprint density at radius 3 is 2.29 bits per heavy atom. The molecule has 152 valence electrons. The van der Waals surface area contributed by atoms with Crippen LogP contribution in [0.1, 0.15) is 0 Å². The molecule has 0 aliphatic carbocycles. The fourth-order valence-corrected chi connectivity index (χ4v) is 3.40. The van der Waals surface area contributed by atoms with E-state index >= 15 is 0 Å². The number of sulfonamides is 1. The molecule has 0 aliphatic rings. The van der Waals surface area contributed by atoms with Crippen molar-refractivity contribution in [2.75, 3.05) is 33.1 Å². The van der Waals surface area contributed by atoms with Gasteiger partial charge >= 0.3 is 0 Å². The average molecular weight is 418 g/mol. The lowest BCUT2D eigenvalue weighted by Gasteiger charge is -2.18. The number of carbonyl (C=O) groups is 1. The third-order valence-corrected chi connectivity index (χ3v) is 5.54. The number of nitrogens with one attached hydrogen (secondary N) is 1. The Morgan fingerprint density at radius 1 is 1.04 bits per heavy atom. The molecular weight excluding hydrogens is 401 g/mol. The Bertz CT molecular complexity index is 999. The summed E-state index contributed by atoms with van der Waals surface area (Å²) in [5.74, 6) is -5.20. The zero-order valence-electron chi connectivity index (χ0n) is 15.1. The molecular formula is C17H17F3N2O5S. The number of hydrogen-bond donors (Lipinski definition) is 1. The Balaban J connectivity index is 2.18. The highest BCUT2D eigenvalue weighted by Crippen LogP contribution is 2.30. The van der Waals surface area contributed by atoms with Gasteiger partial charge in [-0.05, 0) is 24.3 Å². The second kappa shape index (κ2) is 8.48. The van der Waals surface area contributed by atoms with Crippen molar-refractivity contribution in [2.24, 2.45) is 0 Å². The van der Waals surface area contributed by atoms with Gasteiger partial charge in [-0.15, -0.1) is 0 Å². The van der Waals surface area contributed by atoms with Crippen molar-refractivity contribution in [3.05, 3.63) is 47.8 Å². The van der Waals surface area contributed by atoms with E-state index in [4.69, 9.17) is 9.47 Å². The van der Waals surface area contributed by atoms with Crippen molar-refractivity contribution in [3.8, 4) is 11.5 Å². The highest BCUT2D eigenvalue weighted by atomic mass is 32.2. The maximum atomic E-state index is 13.6. The fourth-order valence-electron chi connectivity index (χ4n) is 2.26. The van der Waals surface area contributed by atoms with Crippen LogP contribution in [-0.2, 0) is 14.8 Å². The molecule has 1 amide bonds. The second-order valence-corrected chi connectivity index (χ2v) is 7.59. The zero-order chi connectivity index (χ0) is 21.1. The van der Waals surface area contributed by atoms with Gasteiger partial charge in [-0.1, -0.05) is 0 Å². The van der Waals surface area contributed by atoms with E-state index in [2.05, 4.69) is 0 Å². The first-order valence-corrected chi connectivity index (χ1v) is 9.17. The molecule has 7 nitrogen and oxygen atoms in total. The van der Waals surface area contributed by atoms with Gasteiger partial charge in [0.25, 0.3) is 0 Å². The molecule has 11 heteroatoms. The van der Waals surface area contributed by atoms with Crippen LogP contribution in [0.5, 0.6) is 11.5 Å². The summed E-state index contributed by atoms with van der Waals surface area (Å²) in [5.41, 5.74) is -0.610. The largest absolute Gasteiger partial charge is 0.493 e. The summed E-state index contributed by atoms with van der Waals surface area (Å²) in [5, 5.41) is 2.00. The molecule has 0 saturated carbocycles. The van der Waals surface area contributed by atoms with Gasteiger partial charge in [0.05, 0.1) is 31.3 Å². The number of halogens is 3.